The summed E-state index contributed by atoms with van der Waals surface area (Å²) in [6, 6.07) is 7.63. The summed E-state index contributed by atoms with van der Waals surface area (Å²) in [6.45, 7) is 3.37. The Kier molecular flexibility index (Phi) is 5.87. The van der Waals surface area contributed by atoms with Crippen LogP contribution in [-0.4, -0.2) is 32.1 Å². The van der Waals surface area contributed by atoms with E-state index in [9.17, 15) is 13.2 Å². The molecule has 0 aliphatic carbocycles. The van der Waals surface area contributed by atoms with Crippen LogP contribution >= 0.6 is 11.8 Å². The van der Waals surface area contributed by atoms with Gasteiger partial charge in [0.05, 0.1) is 6.04 Å². The van der Waals surface area contributed by atoms with Crippen molar-refractivity contribution >= 4 is 27.5 Å². The maximum absolute atomic E-state index is 11.6. The van der Waals surface area contributed by atoms with Gasteiger partial charge in [-0.05, 0) is 30.9 Å². The van der Waals surface area contributed by atoms with Crippen molar-refractivity contribution < 1.29 is 13.2 Å². The largest absolute Gasteiger partial charge is 0.349 e. The van der Waals surface area contributed by atoms with Crippen LogP contribution in [0.5, 0.6) is 0 Å². The van der Waals surface area contributed by atoms with Gasteiger partial charge >= 0.3 is 0 Å². The molecule has 1 aromatic rings. The molecule has 4 nitrogen and oxygen atoms in total. The van der Waals surface area contributed by atoms with E-state index in [2.05, 4.69) is 5.32 Å². The van der Waals surface area contributed by atoms with E-state index >= 15 is 0 Å². The lowest BCUT2D eigenvalue weighted by molar-refractivity contribution is -0.119. The Hall–Kier alpha value is -1.01. The van der Waals surface area contributed by atoms with E-state index < -0.39 is 21.5 Å². The minimum atomic E-state index is -3.27. The van der Waals surface area contributed by atoms with Crippen molar-refractivity contribution in [2.45, 2.75) is 24.8 Å². The molecule has 0 unspecified atom stereocenters. The molecule has 106 valence electrons. The Morgan fingerprint density at radius 3 is 2.37 bits per heavy atom. The SMILES string of the molecule is CCS(=O)(=O)CC(=O)N[C@H](C)c1ccc(SC)cc1. The highest BCUT2D eigenvalue weighted by Gasteiger charge is 2.16. The van der Waals surface area contributed by atoms with Gasteiger partial charge in [-0.3, -0.25) is 4.79 Å². The Bertz CT molecular complexity index is 523. The molecular weight excluding hydrogens is 282 g/mol. The topological polar surface area (TPSA) is 63.2 Å². The molecule has 1 atom stereocenters. The van der Waals surface area contributed by atoms with E-state index in [0.717, 1.165) is 10.5 Å². The first-order valence-corrected chi connectivity index (χ1v) is 9.06. The normalized spacial score (nSPS) is 13.0. The number of amides is 1. The second-order valence-corrected chi connectivity index (χ2v) is 7.47. The van der Waals surface area contributed by atoms with Crippen molar-refractivity contribution in [3.8, 4) is 0 Å². The van der Waals surface area contributed by atoms with E-state index in [-0.39, 0.29) is 11.8 Å². The van der Waals surface area contributed by atoms with Crippen LogP contribution in [-0.2, 0) is 14.6 Å². The standard InChI is InChI=1S/C13H19NO3S2/c1-4-19(16,17)9-13(15)14-10(2)11-5-7-12(18-3)8-6-11/h5-8,10H,4,9H2,1-3H3,(H,14,15)/t10-/m1/s1. The first kappa shape index (κ1) is 16.0. The van der Waals surface area contributed by atoms with E-state index in [1.54, 1.807) is 11.8 Å². The van der Waals surface area contributed by atoms with Gasteiger partial charge in [0.1, 0.15) is 5.75 Å². The summed E-state index contributed by atoms with van der Waals surface area (Å²) in [4.78, 5) is 12.8. The Morgan fingerprint density at radius 1 is 1.32 bits per heavy atom. The predicted molar refractivity (Wildman–Crippen MR) is 79.1 cm³/mol. The summed E-state index contributed by atoms with van der Waals surface area (Å²) in [5.41, 5.74) is 0.958. The van der Waals surface area contributed by atoms with Gasteiger partial charge < -0.3 is 5.32 Å². The van der Waals surface area contributed by atoms with Gasteiger partial charge in [-0.25, -0.2) is 8.42 Å². The van der Waals surface area contributed by atoms with Crippen molar-refractivity contribution in [1.29, 1.82) is 0 Å². The van der Waals surface area contributed by atoms with Crippen LogP contribution in [0.3, 0.4) is 0 Å². The summed E-state index contributed by atoms with van der Waals surface area (Å²) in [5, 5.41) is 2.70. The predicted octanol–water partition coefficient (Wildman–Crippen LogP) is 2.02. The van der Waals surface area contributed by atoms with Crippen molar-refractivity contribution in [2.24, 2.45) is 0 Å². The monoisotopic (exact) mass is 301 g/mol. The van der Waals surface area contributed by atoms with Gasteiger partial charge in [-0.2, -0.15) is 0 Å². The number of thioether (sulfide) groups is 1. The third kappa shape index (κ3) is 5.24. The Balaban J connectivity index is 2.63. The van der Waals surface area contributed by atoms with Crippen LogP contribution < -0.4 is 5.32 Å². The van der Waals surface area contributed by atoms with Crippen molar-refractivity contribution in [2.75, 3.05) is 17.8 Å². The molecule has 6 heteroatoms. The van der Waals surface area contributed by atoms with Gasteiger partial charge in [0.15, 0.2) is 9.84 Å². The first-order chi connectivity index (χ1) is 8.88. The van der Waals surface area contributed by atoms with Gasteiger partial charge in [-0.15, -0.1) is 11.8 Å². The second-order valence-electron chi connectivity index (χ2n) is 4.24. The highest BCUT2D eigenvalue weighted by Crippen LogP contribution is 2.18. The molecule has 0 heterocycles. The molecule has 0 aliphatic rings. The Morgan fingerprint density at radius 2 is 1.89 bits per heavy atom. The van der Waals surface area contributed by atoms with Crippen molar-refractivity contribution in [3.63, 3.8) is 0 Å². The molecule has 1 aromatic carbocycles. The maximum atomic E-state index is 11.6. The van der Waals surface area contributed by atoms with Crippen LogP contribution in [0.1, 0.15) is 25.5 Å². The lowest BCUT2D eigenvalue weighted by atomic mass is 10.1. The number of benzene rings is 1. The van der Waals surface area contributed by atoms with E-state index in [1.807, 2.05) is 37.4 Å². The van der Waals surface area contributed by atoms with Gasteiger partial charge in [0.2, 0.25) is 5.91 Å². The molecule has 0 spiro atoms. The highest BCUT2D eigenvalue weighted by atomic mass is 32.2. The molecule has 0 saturated carbocycles. The molecule has 19 heavy (non-hydrogen) atoms. The molecule has 0 saturated heterocycles. The number of nitrogens with one attached hydrogen (secondary N) is 1. The number of sulfone groups is 1. The minimum Gasteiger partial charge on any atom is -0.349 e. The number of hydrogen-bond donors (Lipinski definition) is 1. The second kappa shape index (κ2) is 6.96. The lowest BCUT2D eigenvalue weighted by Crippen LogP contribution is -2.32. The molecule has 1 rings (SSSR count). The fraction of sp³-hybridized carbons (Fsp3) is 0.462. The minimum absolute atomic E-state index is 0.0166. The third-order valence-corrected chi connectivity index (χ3v) is 5.11. The molecule has 1 N–H and O–H groups in total. The molecule has 0 bridgehead atoms. The average molecular weight is 301 g/mol. The number of hydrogen-bond acceptors (Lipinski definition) is 4. The summed E-state index contributed by atoms with van der Waals surface area (Å²) in [5.74, 6) is -0.920. The smallest absolute Gasteiger partial charge is 0.235 e. The quantitative estimate of drug-likeness (QED) is 0.817. The van der Waals surface area contributed by atoms with Crippen LogP contribution in [0.4, 0.5) is 0 Å². The number of carbonyl (C=O) groups excluding carboxylic acids is 1. The van der Waals surface area contributed by atoms with Crippen LogP contribution in [0.15, 0.2) is 29.2 Å². The summed E-state index contributed by atoms with van der Waals surface area (Å²) >= 11 is 1.65. The first-order valence-electron chi connectivity index (χ1n) is 6.01. The summed E-state index contributed by atoms with van der Waals surface area (Å²) in [7, 11) is -3.27. The van der Waals surface area contributed by atoms with E-state index in [1.165, 1.54) is 6.92 Å². The molecule has 0 aliphatic heterocycles. The number of rotatable bonds is 6. The van der Waals surface area contributed by atoms with E-state index in [4.69, 9.17) is 0 Å². The fourth-order valence-corrected chi connectivity index (χ4v) is 2.66. The van der Waals surface area contributed by atoms with Crippen molar-refractivity contribution in [1.82, 2.24) is 5.32 Å². The van der Waals surface area contributed by atoms with Crippen LogP contribution in [0, 0.1) is 0 Å². The average Bonchev–Trinajstić information content (AvgIpc) is 2.38. The summed E-state index contributed by atoms with van der Waals surface area (Å²) in [6.07, 6.45) is 2.00. The fourth-order valence-electron chi connectivity index (χ4n) is 1.56. The zero-order valence-corrected chi connectivity index (χ0v) is 13.0. The summed E-state index contributed by atoms with van der Waals surface area (Å²) < 4.78 is 22.7. The molecule has 0 fully saturated rings. The number of carbonyl (C=O) groups is 1. The van der Waals surface area contributed by atoms with Gasteiger partial charge in [0.25, 0.3) is 0 Å². The van der Waals surface area contributed by atoms with Gasteiger partial charge in [-0.1, -0.05) is 19.1 Å². The van der Waals surface area contributed by atoms with Crippen LogP contribution in [0.2, 0.25) is 0 Å². The Labute approximate surface area is 118 Å². The zero-order chi connectivity index (χ0) is 14.5. The highest BCUT2D eigenvalue weighted by molar-refractivity contribution is 7.98. The van der Waals surface area contributed by atoms with Crippen molar-refractivity contribution in [3.05, 3.63) is 29.8 Å². The lowest BCUT2D eigenvalue weighted by Gasteiger charge is -2.14. The third-order valence-electron chi connectivity index (χ3n) is 2.78. The molecule has 0 radical (unpaired) electrons. The van der Waals surface area contributed by atoms with E-state index in [0.29, 0.717) is 0 Å². The van der Waals surface area contributed by atoms with Crippen LogP contribution in [0.25, 0.3) is 0 Å². The molecule has 0 aromatic heterocycles. The van der Waals surface area contributed by atoms with Gasteiger partial charge in [0, 0.05) is 10.6 Å². The molecular formula is C13H19NO3S2. The zero-order valence-electron chi connectivity index (χ0n) is 11.3. The molecule has 1 amide bonds. The maximum Gasteiger partial charge on any atom is 0.235 e.